The van der Waals surface area contributed by atoms with Crippen molar-refractivity contribution in [2.45, 2.75) is 17.1 Å². The first-order chi connectivity index (χ1) is 11.1. The second kappa shape index (κ2) is 8.96. The van der Waals surface area contributed by atoms with Gasteiger partial charge in [0, 0.05) is 35.4 Å². The molecule has 0 saturated carbocycles. The third kappa shape index (κ3) is 5.89. The van der Waals surface area contributed by atoms with Gasteiger partial charge in [0.05, 0.1) is 10.3 Å². The number of thioether (sulfide) groups is 1. The molecule has 5 nitrogen and oxygen atoms in total. The molecule has 1 amide bonds. The molecule has 1 aromatic heterocycles. The lowest BCUT2D eigenvalue weighted by Crippen LogP contribution is -2.34. The van der Waals surface area contributed by atoms with Gasteiger partial charge >= 0.3 is 0 Å². The van der Waals surface area contributed by atoms with Crippen molar-refractivity contribution < 1.29 is 4.79 Å². The van der Waals surface area contributed by atoms with E-state index in [9.17, 15) is 4.79 Å². The van der Waals surface area contributed by atoms with Crippen LogP contribution in [0.1, 0.15) is 6.92 Å². The maximum atomic E-state index is 12.1. The number of carbonyl (C=O) groups excluding carboxylic acids is 1. The molecule has 2 rings (SSSR count). The number of rotatable bonds is 7. The van der Waals surface area contributed by atoms with Crippen molar-refractivity contribution in [3.63, 3.8) is 0 Å². The van der Waals surface area contributed by atoms with Crippen molar-refractivity contribution in [1.82, 2.24) is 15.3 Å². The Morgan fingerprint density at radius 2 is 2.00 bits per heavy atom. The predicted molar refractivity (Wildman–Crippen MR) is 95.3 cm³/mol. The van der Waals surface area contributed by atoms with Gasteiger partial charge in [-0.25, -0.2) is 9.97 Å². The van der Waals surface area contributed by atoms with Crippen molar-refractivity contribution in [2.24, 2.45) is 0 Å². The van der Waals surface area contributed by atoms with Crippen LogP contribution in [0.4, 0.5) is 5.95 Å². The van der Waals surface area contributed by atoms with Gasteiger partial charge in [0.15, 0.2) is 0 Å². The van der Waals surface area contributed by atoms with Crippen molar-refractivity contribution in [3.8, 4) is 0 Å². The number of hydrogen-bond donors (Lipinski definition) is 2. The van der Waals surface area contributed by atoms with Crippen LogP contribution in [0.25, 0.3) is 0 Å². The van der Waals surface area contributed by atoms with Crippen molar-refractivity contribution >= 4 is 46.8 Å². The minimum atomic E-state index is -0.279. The predicted octanol–water partition coefficient (Wildman–Crippen LogP) is 3.49. The second-order valence-corrected chi connectivity index (χ2v) is 6.85. The van der Waals surface area contributed by atoms with Crippen LogP contribution in [0.2, 0.25) is 10.0 Å². The molecule has 0 radical (unpaired) electrons. The first-order valence-corrected chi connectivity index (χ1v) is 8.60. The van der Waals surface area contributed by atoms with E-state index in [1.165, 1.54) is 11.8 Å². The summed E-state index contributed by atoms with van der Waals surface area (Å²) in [5.74, 6) is 0.469. The quantitative estimate of drug-likeness (QED) is 0.576. The topological polar surface area (TPSA) is 66.9 Å². The number of anilines is 1. The zero-order valence-electron chi connectivity index (χ0n) is 12.4. The van der Waals surface area contributed by atoms with E-state index in [1.54, 1.807) is 36.7 Å². The molecule has 0 spiro atoms. The zero-order valence-corrected chi connectivity index (χ0v) is 14.8. The summed E-state index contributed by atoms with van der Waals surface area (Å²) in [7, 11) is 0. The van der Waals surface area contributed by atoms with Crippen molar-refractivity contribution in [1.29, 1.82) is 0 Å². The van der Waals surface area contributed by atoms with Gasteiger partial charge in [-0.3, -0.25) is 4.79 Å². The normalized spacial score (nSPS) is 11.8. The summed E-state index contributed by atoms with van der Waals surface area (Å²) in [6, 6.07) is 6.94. The summed E-state index contributed by atoms with van der Waals surface area (Å²) >= 11 is 13.4. The maximum absolute atomic E-state index is 12.1. The first kappa shape index (κ1) is 17.8. The summed E-state index contributed by atoms with van der Waals surface area (Å²) in [4.78, 5) is 21.0. The van der Waals surface area contributed by atoms with Gasteiger partial charge in [-0.1, -0.05) is 23.2 Å². The Bertz CT molecular complexity index is 657. The summed E-state index contributed by atoms with van der Waals surface area (Å²) in [6.45, 7) is 2.85. The Morgan fingerprint density at radius 1 is 1.26 bits per heavy atom. The summed E-state index contributed by atoms with van der Waals surface area (Å²) in [6.07, 6.45) is 3.31. The average Bonchev–Trinajstić information content (AvgIpc) is 2.55. The number of carbonyl (C=O) groups is 1. The Balaban J connectivity index is 1.75. The Hall–Kier alpha value is -1.50. The molecule has 0 bridgehead atoms. The smallest absolute Gasteiger partial charge is 0.233 e. The molecule has 2 N–H and O–H groups in total. The molecule has 0 aliphatic carbocycles. The summed E-state index contributed by atoms with van der Waals surface area (Å²) in [5.41, 5.74) is 0. The highest BCUT2D eigenvalue weighted by atomic mass is 35.5. The van der Waals surface area contributed by atoms with Gasteiger partial charge in [-0.05, 0) is 31.2 Å². The molecule has 0 saturated heterocycles. The molecule has 122 valence electrons. The van der Waals surface area contributed by atoms with E-state index in [0.717, 1.165) is 4.90 Å². The van der Waals surface area contributed by atoms with E-state index in [4.69, 9.17) is 23.2 Å². The molecule has 0 fully saturated rings. The van der Waals surface area contributed by atoms with Crippen LogP contribution in [0, 0.1) is 0 Å². The fourth-order valence-corrected chi connectivity index (χ4v) is 3.14. The molecule has 8 heteroatoms. The Morgan fingerprint density at radius 3 is 2.74 bits per heavy atom. The van der Waals surface area contributed by atoms with E-state index < -0.39 is 0 Å². The van der Waals surface area contributed by atoms with Gasteiger partial charge in [0.25, 0.3) is 0 Å². The first-order valence-electron chi connectivity index (χ1n) is 6.96. The number of aromatic nitrogens is 2. The third-order valence-electron chi connectivity index (χ3n) is 2.84. The van der Waals surface area contributed by atoms with E-state index >= 15 is 0 Å². The lowest BCUT2D eigenvalue weighted by atomic mass is 10.4. The zero-order chi connectivity index (χ0) is 16.7. The van der Waals surface area contributed by atoms with Gasteiger partial charge in [0.2, 0.25) is 11.9 Å². The van der Waals surface area contributed by atoms with Gasteiger partial charge in [-0.2, -0.15) is 0 Å². The van der Waals surface area contributed by atoms with Crippen LogP contribution >= 0.6 is 35.0 Å². The highest BCUT2D eigenvalue weighted by Gasteiger charge is 2.15. The van der Waals surface area contributed by atoms with Gasteiger partial charge in [-0.15, -0.1) is 11.8 Å². The molecule has 2 aromatic rings. The minimum absolute atomic E-state index is 0.0678. The molecule has 0 aliphatic heterocycles. The van der Waals surface area contributed by atoms with Crippen LogP contribution in [0.15, 0.2) is 41.6 Å². The highest BCUT2D eigenvalue weighted by molar-refractivity contribution is 8.00. The number of amides is 1. The standard InChI is InChI=1S/C15H16Cl2N4OS/c1-10(23-13-9-11(16)3-4-12(13)17)14(22)18-7-8-21-15-19-5-2-6-20-15/h2-6,9-10H,7-8H2,1H3,(H,18,22)(H,19,20,21). The molecular weight excluding hydrogens is 355 g/mol. The number of benzene rings is 1. The van der Waals surface area contributed by atoms with E-state index in [2.05, 4.69) is 20.6 Å². The van der Waals surface area contributed by atoms with E-state index in [-0.39, 0.29) is 11.2 Å². The van der Waals surface area contributed by atoms with Gasteiger partial charge in [0.1, 0.15) is 0 Å². The molecule has 1 unspecified atom stereocenters. The largest absolute Gasteiger partial charge is 0.353 e. The molecule has 0 aliphatic rings. The summed E-state index contributed by atoms with van der Waals surface area (Å²) in [5, 5.41) is 6.78. The molecule has 23 heavy (non-hydrogen) atoms. The molecule has 1 heterocycles. The minimum Gasteiger partial charge on any atom is -0.353 e. The SMILES string of the molecule is CC(Sc1cc(Cl)ccc1Cl)C(=O)NCCNc1ncccn1. The van der Waals surface area contributed by atoms with Crippen LogP contribution in [-0.4, -0.2) is 34.2 Å². The Kier molecular flexibility index (Phi) is 6.95. The maximum Gasteiger partial charge on any atom is 0.233 e. The Labute approximate surface area is 149 Å². The number of nitrogens with one attached hydrogen (secondary N) is 2. The van der Waals surface area contributed by atoms with Crippen molar-refractivity contribution in [3.05, 3.63) is 46.7 Å². The molecular formula is C15H16Cl2N4OS. The summed E-state index contributed by atoms with van der Waals surface area (Å²) < 4.78 is 0. The number of halogens is 2. The lowest BCUT2D eigenvalue weighted by molar-refractivity contribution is -0.120. The fourth-order valence-electron chi connectivity index (χ4n) is 1.71. The monoisotopic (exact) mass is 370 g/mol. The van der Waals surface area contributed by atoms with Crippen LogP contribution in [0.5, 0.6) is 0 Å². The third-order valence-corrected chi connectivity index (χ3v) is 4.68. The number of hydrogen-bond acceptors (Lipinski definition) is 5. The van der Waals surface area contributed by atoms with Crippen LogP contribution in [-0.2, 0) is 4.79 Å². The number of nitrogens with zero attached hydrogens (tertiary/aromatic N) is 2. The van der Waals surface area contributed by atoms with Crippen molar-refractivity contribution in [2.75, 3.05) is 18.4 Å². The van der Waals surface area contributed by atoms with Crippen LogP contribution < -0.4 is 10.6 Å². The average molecular weight is 371 g/mol. The van der Waals surface area contributed by atoms with E-state index in [1.807, 2.05) is 6.92 Å². The second-order valence-electron chi connectivity index (χ2n) is 4.63. The van der Waals surface area contributed by atoms with Gasteiger partial charge < -0.3 is 10.6 Å². The fraction of sp³-hybridized carbons (Fsp3) is 0.267. The molecule has 1 atom stereocenters. The molecule has 1 aromatic carbocycles. The highest BCUT2D eigenvalue weighted by Crippen LogP contribution is 2.32. The lowest BCUT2D eigenvalue weighted by Gasteiger charge is -2.13. The van der Waals surface area contributed by atoms with E-state index in [0.29, 0.717) is 29.1 Å². The van der Waals surface area contributed by atoms with Crippen LogP contribution in [0.3, 0.4) is 0 Å².